The zero-order valence-electron chi connectivity index (χ0n) is 17.1. The number of hydrogen-bond acceptors (Lipinski definition) is 6. The van der Waals surface area contributed by atoms with E-state index in [4.69, 9.17) is 8.83 Å². The van der Waals surface area contributed by atoms with Gasteiger partial charge in [0.15, 0.2) is 0 Å². The second kappa shape index (κ2) is 8.03. The molecule has 32 heavy (non-hydrogen) atoms. The molecular formula is C25H18N2O5. The zero-order valence-corrected chi connectivity index (χ0v) is 17.1. The predicted molar refractivity (Wildman–Crippen MR) is 117 cm³/mol. The molecular weight excluding hydrogens is 408 g/mol. The SMILES string of the molecule is Cc1oc(-c2ccccc2)nc1Cc1cc2cc(C=CC=C3NC(=O)OC3=O)ccc2o1. The van der Waals surface area contributed by atoms with Crippen molar-refractivity contribution in [3.05, 3.63) is 95.2 Å². The number of rotatable bonds is 5. The maximum atomic E-state index is 11.4. The Labute approximate surface area is 183 Å². The smallest absolute Gasteiger partial charge is 0.419 e. The number of benzene rings is 2. The van der Waals surface area contributed by atoms with Crippen molar-refractivity contribution in [1.29, 1.82) is 0 Å². The number of fused-ring (bicyclic) bond motifs is 1. The van der Waals surface area contributed by atoms with Gasteiger partial charge in [0.05, 0.1) is 12.1 Å². The van der Waals surface area contributed by atoms with Crippen LogP contribution in [-0.4, -0.2) is 17.0 Å². The van der Waals surface area contributed by atoms with E-state index in [1.807, 2.05) is 67.6 Å². The molecule has 0 saturated carbocycles. The fraction of sp³-hybridized carbons (Fsp3) is 0.0800. The monoisotopic (exact) mass is 426 g/mol. The van der Waals surface area contributed by atoms with Crippen LogP contribution in [0.5, 0.6) is 0 Å². The van der Waals surface area contributed by atoms with Crippen molar-refractivity contribution in [1.82, 2.24) is 10.3 Å². The number of aryl methyl sites for hydroxylation is 1. The number of nitrogens with one attached hydrogen (secondary N) is 1. The van der Waals surface area contributed by atoms with Crippen molar-refractivity contribution in [2.24, 2.45) is 0 Å². The largest absolute Gasteiger partial charge is 0.461 e. The van der Waals surface area contributed by atoms with Crippen molar-refractivity contribution in [2.45, 2.75) is 13.3 Å². The van der Waals surface area contributed by atoms with Gasteiger partial charge in [-0.1, -0.05) is 36.4 Å². The number of ether oxygens (including phenoxy) is 1. The highest BCUT2D eigenvalue weighted by atomic mass is 16.6. The molecule has 0 bridgehead atoms. The summed E-state index contributed by atoms with van der Waals surface area (Å²) in [6.45, 7) is 1.90. The topological polar surface area (TPSA) is 94.6 Å². The molecule has 158 valence electrons. The highest BCUT2D eigenvalue weighted by Crippen LogP contribution is 2.26. The van der Waals surface area contributed by atoms with Crippen LogP contribution in [0.3, 0.4) is 0 Å². The summed E-state index contributed by atoms with van der Waals surface area (Å²) in [4.78, 5) is 27.1. The van der Waals surface area contributed by atoms with E-state index < -0.39 is 12.1 Å². The first-order chi connectivity index (χ1) is 15.5. The first kappa shape index (κ1) is 19.6. The quantitative estimate of drug-likeness (QED) is 0.269. The van der Waals surface area contributed by atoms with Crippen LogP contribution in [-0.2, 0) is 16.0 Å². The lowest BCUT2D eigenvalue weighted by atomic mass is 10.1. The van der Waals surface area contributed by atoms with E-state index >= 15 is 0 Å². The third kappa shape index (κ3) is 3.96. The molecule has 0 aliphatic carbocycles. The summed E-state index contributed by atoms with van der Waals surface area (Å²) in [5, 5.41) is 3.28. The summed E-state index contributed by atoms with van der Waals surface area (Å²) in [7, 11) is 0. The van der Waals surface area contributed by atoms with E-state index in [2.05, 4.69) is 15.0 Å². The Hall–Kier alpha value is -4.39. The van der Waals surface area contributed by atoms with Crippen LogP contribution >= 0.6 is 0 Å². The van der Waals surface area contributed by atoms with Crippen molar-refractivity contribution in [3.8, 4) is 11.5 Å². The van der Waals surface area contributed by atoms with Gasteiger partial charge in [0.2, 0.25) is 5.89 Å². The molecule has 1 saturated heterocycles. The molecule has 2 aromatic heterocycles. The minimum absolute atomic E-state index is 0.107. The van der Waals surface area contributed by atoms with E-state index in [9.17, 15) is 9.59 Å². The fourth-order valence-electron chi connectivity index (χ4n) is 3.46. The van der Waals surface area contributed by atoms with E-state index in [1.54, 1.807) is 6.08 Å². The Morgan fingerprint density at radius 1 is 1.03 bits per heavy atom. The van der Waals surface area contributed by atoms with Gasteiger partial charge < -0.3 is 13.6 Å². The first-order valence-corrected chi connectivity index (χ1v) is 10.0. The Bertz CT molecular complexity index is 1390. The number of amides is 1. The Morgan fingerprint density at radius 2 is 1.88 bits per heavy atom. The molecule has 1 fully saturated rings. The molecule has 1 aliphatic rings. The number of nitrogens with zero attached hydrogens (tertiary/aromatic N) is 1. The van der Waals surface area contributed by atoms with E-state index in [0.717, 1.165) is 39.3 Å². The Balaban J connectivity index is 1.34. The molecule has 7 nitrogen and oxygen atoms in total. The van der Waals surface area contributed by atoms with Gasteiger partial charge in [-0.15, -0.1) is 0 Å². The van der Waals surface area contributed by atoms with Crippen LogP contribution in [0.25, 0.3) is 28.5 Å². The van der Waals surface area contributed by atoms with Gasteiger partial charge in [-0.3, -0.25) is 5.32 Å². The van der Waals surface area contributed by atoms with Crippen LogP contribution in [0.15, 0.2) is 81.3 Å². The molecule has 4 aromatic rings. The molecule has 0 atom stereocenters. The minimum Gasteiger partial charge on any atom is -0.461 e. The van der Waals surface area contributed by atoms with Gasteiger partial charge in [-0.05, 0) is 48.9 Å². The van der Waals surface area contributed by atoms with Gasteiger partial charge in [0.25, 0.3) is 0 Å². The summed E-state index contributed by atoms with van der Waals surface area (Å²) in [5.74, 6) is 1.46. The fourth-order valence-corrected chi connectivity index (χ4v) is 3.46. The third-order valence-electron chi connectivity index (χ3n) is 5.04. The number of hydrogen-bond donors (Lipinski definition) is 1. The Morgan fingerprint density at radius 3 is 2.66 bits per heavy atom. The molecule has 5 rings (SSSR count). The maximum absolute atomic E-state index is 11.4. The van der Waals surface area contributed by atoms with Crippen molar-refractivity contribution in [3.63, 3.8) is 0 Å². The number of carbonyl (C=O) groups excluding carboxylic acids is 2. The average molecular weight is 426 g/mol. The number of cyclic esters (lactones) is 2. The average Bonchev–Trinajstić information content (AvgIpc) is 3.45. The number of esters is 1. The number of alkyl carbamates (subject to hydrolysis) is 1. The van der Waals surface area contributed by atoms with Crippen LogP contribution < -0.4 is 5.32 Å². The number of furan rings is 1. The van der Waals surface area contributed by atoms with Crippen LogP contribution in [0.4, 0.5) is 4.79 Å². The number of oxazole rings is 1. The Kier molecular flexibility index (Phi) is 4.91. The lowest BCUT2D eigenvalue weighted by Gasteiger charge is -1.93. The second-order valence-electron chi connectivity index (χ2n) is 7.32. The summed E-state index contributed by atoms with van der Waals surface area (Å²) in [6.07, 6.45) is 4.76. The van der Waals surface area contributed by atoms with Gasteiger partial charge in [0, 0.05) is 10.9 Å². The van der Waals surface area contributed by atoms with Gasteiger partial charge in [-0.2, -0.15) is 0 Å². The summed E-state index contributed by atoms with van der Waals surface area (Å²) in [6, 6.07) is 17.5. The highest BCUT2D eigenvalue weighted by Gasteiger charge is 2.25. The maximum Gasteiger partial charge on any atom is 0.419 e. The first-order valence-electron chi connectivity index (χ1n) is 10.0. The molecule has 1 amide bonds. The lowest BCUT2D eigenvalue weighted by Crippen LogP contribution is -2.11. The van der Waals surface area contributed by atoms with Crippen molar-refractivity contribution >= 4 is 29.1 Å². The standard InChI is InChI=1S/C25H18N2O5/c1-15-21(26-23(30-15)17-7-3-2-4-8-17)14-19-13-18-12-16(10-11-22(18)31-19)6-5-9-20-24(28)32-25(29)27-20/h2-13H,14H2,1H3,(H,27,29). The molecule has 0 unspecified atom stereocenters. The van der Waals surface area contributed by atoms with E-state index in [0.29, 0.717) is 12.3 Å². The van der Waals surface area contributed by atoms with Gasteiger partial charge in [0.1, 0.15) is 22.8 Å². The number of aromatic nitrogens is 1. The van der Waals surface area contributed by atoms with Crippen LogP contribution in [0.2, 0.25) is 0 Å². The van der Waals surface area contributed by atoms with E-state index in [-0.39, 0.29) is 5.70 Å². The van der Waals surface area contributed by atoms with Crippen molar-refractivity contribution < 1.29 is 23.2 Å². The molecule has 1 N–H and O–H groups in total. The van der Waals surface area contributed by atoms with Crippen LogP contribution in [0.1, 0.15) is 22.8 Å². The molecule has 7 heteroatoms. The van der Waals surface area contributed by atoms with Crippen molar-refractivity contribution in [2.75, 3.05) is 0 Å². The molecule has 0 radical (unpaired) electrons. The molecule has 0 spiro atoms. The molecule has 1 aliphatic heterocycles. The second-order valence-corrected chi connectivity index (χ2v) is 7.32. The number of carbonyl (C=O) groups is 2. The third-order valence-corrected chi connectivity index (χ3v) is 5.04. The van der Waals surface area contributed by atoms with E-state index in [1.165, 1.54) is 6.08 Å². The highest BCUT2D eigenvalue weighted by molar-refractivity contribution is 6.04. The normalized spacial score (nSPS) is 15.1. The van der Waals surface area contributed by atoms with Gasteiger partial charge >= 0.3 is 12.1 Å². The minimum atomic E-state index is -0.764. The number of allylic oxidation sites excluding steroid dienone is 2. The molecule has 3 heterocycles. The van der Waals surface area contributed by atoms with Gasteiger partial charge in [-0.25, -0.2) is 14.6 Å². The predicted octanol–water partition coefficient (Wildman–Crippen LogP) is 5.15. The summed E-state index contributed by atoms with van der Waals surface area (Å²) >= 11 is 0. The zero-order chi connectivity index (χ0) is 22.1. The summed E-state index contributed by atoms with van der Waals surface area (Å²) in [5.41, 5.74) is 3.56. The summed E-state index contributed by atoms with van der Waals surface area (Å²) < 4.78 is 16.2. The molecule has 2 aromatic carbocycles. The lowest BCUT2D eigenvalue weighted by molar-refractivity contribution is -0.130. The van der Waals surface area contributed by atoms with Crippen LogP contribution in [0, 0.1) is 6.92 Å².